The Bertz CT molecular complexity index is 1260. The summed E-state index contributed by atoms with van der Waals surface area (Å²) >= 11 is 0. The highest BCUT2D eigenvalue weighted by Crippen LogP contribution is 2.38. The van der Waals surface area contributed by atoms with Gasteiger partial charge in [-0.3, -0.25) is 9.59 Å². The fourth-order valence-corrected chi connectivity index (χ4v) is 3.34. The molecule has 0 fully saturated rings. The predicted octanol–water partition coefficient (Wildman–Crippen LogP) is 5.11. The lowest BCUT2D eigenvalue weighted by Gasteiger charge is -2.15. The summed E-state index contributed by atoms with van der Waals surface area (Å²) in [4.78, 5) is 34.6. The summed E-state index contributed by atoms with van der Waals surface area (Å²) < 4.78 is 6.08. The van der Waals surface area contributed by atoms with Gasteiger partial charge < -0.3 is 9.84 Å². The van der Waals surface area contributed by atoms with Crippen molar-refractivity contribution in [3.63, 3.8) is 0 Å². The molecule has 4 rings (SSSR count). The summed E-state index contributed by atoms with van der Waals surface area (Å²) in [6, 6.07) is 18.8. The van der Waals surface area contributed by atoms with Crippen LogP contribution in [-0.2, 0) is 0 Å². The smallest absolute Gasteiger partial charge is 0.339 e. The van der Waals surface area contributed by atoms with Crippen LogP contribution in [0.1, 0.15) is 31.1 Å². The second-order valence-corrected chi connectivity index (χ2v) is 6.23. The molecule has 0 amide bonds. The summed E-state index contributed by atoms with van der Waals surface area (Å²) in [6.07, 6.45) is 1.40. The number of carboxylic acids is 1. The van der Waals surface area contributed by atoms with Gasteiger partial charge in [0.2, 0.25) is 0 Å². The predicted molar refractivity (Wildman–Crippen MR) is 106 cm³/mol. The Balaban J connectivity index is 2.00. The molecule has 136 valence electrons. The number of carbonyl (C=O) groups excluding carboxylic acids is 2. The number of aromatic carboxylic acids is 1. The van der Waals surface area contributed by atoms with E-state index in [1.807, 2.05) is 12.1 Å². The third-order valence-corrected chi connectivity index (χ3v) is 4.64. The van der Waals surface area contributed by atoms with E-state index in [2.05, 4.69) is 0 Å². The van der Waals surface area contributed by atoms with Crippen molar-refractivity contribution in [1.29, 1.82) is 0 Å². The first-order chi connectivity index (χ1) is 13.6. The quantitative estimate of drug-likeness (QED) is 0.494. The number of rotatable bonds is 5. The second kappa shape index (κ2) is 6.96. The molecule has 0 aromatic heterocycles. The lowest BCUT2D eigenvalue weighted by atomic mass is 9.99. The highest BCUT2D eigenvalue weighted by Gasteiger charge is 2.19. The molecule has 0 saturated heterocycles. The minimum absolute atomic E-state index is 0.107. The molecule has 0 saturated carbocycles. The molecule has 0 bridgehead atoms. The van der Waals surface area contributed by atoms with Gasteiger partial charge in [0, 0.05) is 21.9 Å². The molecule has 4 aromatic carbocycles. The number of ether oxygens (including phenoxy) is 1. The topological polar surface area (TPSA) is 80.7 Å². The van der Waals surface area contributed by atoms with Crippen molar-refractivity contribution in [3.8, 4) is 11.5 Å². The van der Waals surface area contributed by atoms with Crippen LogP contribution in [0.2, 0.25) is 0 Å². The van der Waals surface area contributed by atoms with Gasteiger partial charge in [0.25, 0.3) is 0 Å². The van der Waals surface area contributed by atoms with Crippen LogP contribution in [0.4, 0.5) is 0 Å². The van der Waals surface area contributed by atoms with Crippen LogP contribution >= 0.6 is 0 Å². The number of aldehydes is 2. The molecule has 4 aromatic rings. The lowest BCUT2D eigenvalue weighted by Crippen LogP contribution is -2.03. The SMILES string of the molecule is O=Cc1ccc(Oc2c(C(=O)O)cc(C=O)c3ccccc23)c2ccccc12. The van der Waals surface area contributed by atoms with Crippen LogP contribution in [-0.4, -0.2) is 23.6 Å². The zero-order chi connectivity index (χ0) is 19.7. The summed E-state index contributed by atoms with van der Waals surface area (Å²) in [6.45, 7) is 0. The molecule has 0 atom stereocenters. The van der Waals surface area contributed by atoms with Gasteiger partial charge in [-0.1, -0.05) is 48.5 Å². The first-order valence-corrected chi connectivity index (χ1v) is 8.53. The van der Waals surface area contributed by atoms with Crippen LogP contribution < -0.4 is 4.74 Å². The Morgan fingerprint density at radius 3 is 1.93 bits per heavy atom. The van der Waals surface area contributed by atoms with E-state index in [1.54, 1.807) is 48.5 Å². The molecule has 0 aliphatic heterocycles. The number of carboxylic acid groups (broad SMARTS) is 1. The highest BCUT2D eigenvalue weighted by atomic mass is 16.5. The van der Waals surface area contributed by atoms with Crippen molar-refractivity contribution in [2.45, 2.75) is 0 Å². The third kappa shape index (κ3) is 2.79. The van der Waals surface area contributed by atoms with Gasteiger partial charge in [0.1, 0.15) is 17.1 Å². The molecule has 0 spiro atoms. The molecule has 0 radical (unpaired) electrons. The maximum absolute atomic E-state index is 11.8. The van der Waals surface area contributed by atoms with E-state index in [0.29, 0.717) is 39.1 Å². The molecule has 5 nitrogen and oxygen atoms in total. The Hall–Kier alpha value is -3.99. The number of fused-ring (bicyclic) bond motifs is 2. The van der Waals surface area contributed by atoms with Crippen LogP contribution in [0.15, 0.2) is 66.7 Å². The summed E-state index contributed by atoms with van der Waals surface area (Å²) in [5, 5.41) is 12.2. The number of hydrogen-bond acceptors (Lipinski definition) is 4. The zero-order valence-corrected chi connectivity index (χ0v) is 14.6. The largest absolute Gasteiger partial charge is 0.478 e. The van der Waals surface area contributed by atoms with Crippen molar-refractivity contribution in [2.24, 2.45) is 0 Å². The van der Waals surface area contributed by atoms with E-state index in [0.717, 1.165) is 6.29 Å². The number of carbonyl (C=O) groups is 3. The van der Waals surface area contributed by atoms with E-state index < -0.39 is 5.97 Å². The maximum Gasteiger partial charge on any atom is 0.339 e. The molecule has 0 aliphatic carbocycles. The third-order valence-electron chi connectivity index (χ3n) is 4.64. The summed E-state index contributed by atoms with van der Waals surface area (Å²) in [5.74, 6) is -0.622. The van der Waals surface area contributed by atoms with Gasteiger partial charge >= 0.3 is 5.97 Å². The Kier molecular flexibility index (Phi) is 4.33. The van der Waals surface area contributed by atoms with Gasteiger partial charge in [-0.05, 0) is 29.0 Å². The van der Waals surface area contributed by atoms with Gasteiger partial charge in [-0.2, -0.15) is 0 Å². The van der Waals surface area contributed by atoms with Crippen LogP contribution in [0, 0.1) is 0 Å². The van der Waals surface area contributed by atoms with Crippen LogP contribution in [0.5, 0.6) is 11.5 Å². The van der Waals surface area contributed by atoms with E-state index in [4.69, 9.17) is 4.74 Å². The van der Waals surface area contributed by atoms with Crippen molar-refractivity contribution < 1.29 is 24.2 Å². The molecular weight excluding hydrogens is 356 g/mol. The number of hydrogen-bond donors (Lipinski definition) is 1. The molecule has 0 aliphatic rings. The van der Waals surface area contributed by atoms with E-state index in [9.17, 15) is 19.5 Å². The first-order valence-electron chi connectivity index (χ1n) is 8.53. The fourth-order valence-electron chi connectivity index (χ4n) is 3.34. The van der Waals surface area contributed by atoms with Gasteiger partial charge in [-0.15, -0.1) is 0 Å². The molecule has 5 heteroatoms. The average Bonchev–Trinajstić information content (AvgIpc) is 2.73. The van der Waals surface area contributed by atoms with Crippen LogP contribution in [0.3, 0.4) is 0 Å². The second-order valence-electron chi connectivity index (χ2n) is 6.23. The molecule has 1 N–H and O–H groups in total. The standard InChI is InChI=1S/C23H14O5/c24-12-14-9-10-21(18-7-3-1-5-16(14)18)28-22-19-8-4-2-6-17(19)15(13-25)11-20(22)23(26)27/h1-13H,(H,26,27). The average molecular weight is 370 g/mol. The Labute approximate surface area is 159 Å². The lowest BCUT2D eigenvalue weighted by molar-refractivity contribution is 0.0694. The Morgan fingerprint density at radius 1 is 0.750 bits per heavy atom. The summed E-state index contributed by atoms with van der Waals surface area (Å²) in [7, 11) is 0. The van der Waals surface area contributed by atoms with E-state index in [1.165, 1.54) is 6.07 Å². The monoisotopic (exact) mass is 370 g/mol. The minimum Gasteiger partial charge on any atom is -0.478 e. The van der Waals surface area contributed by atoms with Crippen molar-refractivity contribution in [1.82, 2.24) is 0 Å². The first kappa shape index (κ1) is 17.4. The maximum atomic E-state index is 11.8. The molecular formula is C23H14O5. The van der Waals surface area contributed by atoms with Gasteiger partial charge in [0.05, 0.1) is 0 Å². The molecule has 0 unspecified atom stereocenters. The van der Waals surface area contributed by atoms with Gasteiger partial charge in [0.15, 0.2) is 12.6 Å². The molecule has 0 heterocycles. The van der Waals surface area contributed by atoms with Crippen molar-refractivity contribution >= 4 is 40.1 Å². The minimum atomic E-state index is -1.20. The van der Waals surface area contributed by atoms with Crippen molar-refractivity contribution in [3.05, 3.63) is 83.4 Å². The van der Waals surface area contributed by atoms with Crippen LogP contribution in [0.25, 0.3) is 21.5 Å². The van der Waals surface area contributed by atoms with E-state index >= 15 is 0 Å². The Morgan fingerprint density at radius 2 is 1.32 bits per heavy atom. The summed E-state index contributed by atoms with van der Waals surface area (Å²) in [5.41, 5.74) is 0.688. The number of benzene rings is 4. The van der Waals surface area contributed by atoms with E-state index in [-0.39, 0.29) is 16.9 Å². The zero-order valence-electron chi connectivity index (χ0n) is 14.6. The normalized spacial score (nSPS) is 10.7. The van der Waals surface area contributed by atoms with Crippen molar-refractivity contribution in [2.75, 3.05) is 0 Å². The highest BCUT2D eigenvalue weighted by molar-refractivity contribution is 6.08. The van der Waals surface area contributed by atoms with Gasteiger partial charge in [-0.25, -0.2) is 4.79 Å². The fraction of sp³-hybridized carbons (Fsp3) is 0. The molecule has 28 heavy (non-hydrogen) atoms.